The first kappa shape index (κ1) is 13.6. The van der Waals surface area contributed by atoms with Gasteiger partial charge in [0.2, 0.25) is 0 Å². The fourth-order valence-electron chi connectivity index (χ4n) is 1.59. The molecule has 0 aliphatic carbocycles. The Labute approximate surface area is 120 Å². The van der Waals surface area contributed by atoms with E-state index in [2.05, 4.69) is 15.9 Å². The fourth-order valence-corrected chi connectivity index (χ4v) is 2.04. The van der Waals surface area contributed by atoms with Crippen LogP contribution in [0, 0.1) is 0 Å². The number of hydrogen-bond donors (Lipinski definition) is 0. The van der Waals surface area contributed by atoms with Crippen LogP contribution in [0.25, 0.3) is 6.08 Å². The van der Waals surface area contributed by atoms with Crippen molar-refractivity contribution in [1.29, 1.82) is 0 Å². The quantitative estimate of drug-likeness (QED) is 0.766. The van der Waals surface area contributed by atoms with Crippen molar-refractivity contribution in [3.8, 4) is 5.75 Å². The maximum Gasteiger partial charge on any atom is 0.151 e. The molecule has 3 heteroatoms. The van der Waals surface area contributed by atoms with Crippen molar-refractivity contribution in [3.63, 3.8) is 0 Å². The van der Waals surface area contributed by atoms with E-state index in [-0.39, 0.29) is 0 Å². The minimum Gasteiger partial charge on any atom is -0.489 e. The minimum atomic E-state index is 0.488. The van der Waals surface area contributed by atoms with Crippen molar-refractivity contribution in [1.82, 2.24) is 0 Å². The second-order valence-electron chi connectivity index (χ2n) is 3.93. The minimum absolute atomic E-state index is 0.488. The Bertz CT molecular complexity index is 577. The highest BCUT2D eigenvalue weighted by Crippen LogP contribution is 2.21. The summed E-state index contributed by atoms with van der Waals surface area (Å²) in [6, 6.07) is 15.3. The fraction of sp³-hybridized carbons (Fsp3) is 0.0625. The predicted octanol–water partition coefficient (Wildman–Crippen LogP) is 4.35. The van der Waals surface area contributed by atoms with E-state index in [1.54, 1.807) is 18.2 Å². The van der Waals surface area contributed by atoms with Gasteiger partial charge in [0.1, 0.15) is 12.4 Å². The Hall–Kier alpha value is -1.87. The van der Waals surface area contributed by atoms with E-state index >= 15 is 0 Å². The molecule has 0 N–H and O–H groups in total. The summed E-state index contributed by atoms with van der Waals surface area (Å²) in [6.45, 7) is 0.488. The number of benzene rings is 2. The highest BCUT2D eigenvalue weighted by molar-refractivity contribution is 9.10. The summed E-state index contributed by atoms with van der Waals surface area (Å²) in [6.07, 6.45) is 4.77. The molecule has 0 aliphatic heterocycles. The molecule has 0 fully saturated rings. The van der Waals surface area contributed by atoms with Gasteiger partial charge in [-0.2, -0.15) is 0 Å². The Morgan fingerprint density at radius 3 is 2.58 bits per heavy atom. The van der Waals surface area contributed by atoms with Crippen LogP contribution in [0.1, 0.15) is 15.9 Å². The van der Waals surface area contributed by atoms with Crippen LogP contribution >= 0.6 is 15.9 Å². The van der Waals surface area contributed by atoms with Gasteiger partial charge >= 0.3 is 0 Å². The molecule has 0 spiro atoms. The third kappa shape index (κ3) is 4.07. The number of carbonyl (C=O) groups is 1. The second kappa shape index (κ2) is 6.90. The summed E-state index contributed by atoms with van der Waals surface area (Å²) in [5.41, 5.74) is 1.76. The second-order valence-corrected chi connectivity index (χ2v) is 4.78. The lowest BCUT2D eigenvalue weighted by molar-refractivity contribution is 0.112. The first-order valence-electron chi connectivity index (χ1n) is 5.89. The molecular formula is C16H13BrO2. The smallest absolute Gasteiger partial charge is 0.151 e. The van der Waals surface area contributed by atoms with Crippen molar-refractivity contribution in [2.24, 2.45) is 0 Å². The van der Waals surface area contributed by atoms with Crippen LogP contribution in [0.15, 0.2) is 59.1 Å². The zero-order valence-electron chi connectivity index (χ0n) is 10.3. The summed E-state index contributed by atoms with van der Waals surface area (Å²) in [5.74, 6) is 0.732. The van der Waals surface area contributed by atoms with E-state index in [0.717, 1.165) is 22.1 Å². The largest absolute Gasteiger partial charge is 0.489 e. The standard InChI is InChI=1S/C16H13BrO2/c17-16-11-15(9-8-14(16)12-18)19-10-4-7-13-5-2-1-3-6-13/h1-9,11-12H,10H2/b7-4+. The van der Waals surface area contributed by atoms with Gasteiger partial charge in [0.25, 0.3) is 0 Å². The normalized spacial score (nSPS) is 10.6. The molecule has 0 bridgehead atoms. The van der Waals surface area contributed by atoms with Crippen LogP contribution in [-0.4, -0.2) is 12.9 Å². The first-order chi connectivity index (χ1) is 9.29. The Morgan fingerprint density at radius 1 is 1.11 bits per heavy atom. The van der Waals surface area contributed by atoms with Crippen molar-refractivity contribution in [2.45, 2.75) is 0 Å². The molecule has 0 aliphatic rings. The number of ether oxygens (including phenoxy) is 1. The Morgan fingerprint density at radius 2 is 1.89 bits per heavy atom. The van der Waals surface area contributed by atoms with Gasteiger partial charge in [0, 0.05) is 10.0 Å². The van der Waals surface area contributed by atoms with Crippen LogP contribution < -0.4 is 4.74 Å². The number of carbonyl (C=O) groups excluding carboxylic acids is 1. The Balaban J connectivity index is 1.91. The van der Waals surface area contributed by atoms with E-state index in [1.807, 2.05) is 42.5 Å². The zero-order valence-corrected chi connectivity index (χ0v) is 11.8. The predicted molar refractivity (Wildman–Crippen MR) is 80.5 cm³/mol. The molecule has 2 rings (SSSR count). The van der Waals surface area contributed by atoms with Crippen molar-refractivity contribution in [3.05, 3.63) is 70.2 Å². The summed E-state index contributed by atoms with van der Waals surface area (Å²) in [4.78, 5) is 10.7. The van der Waals surface area contributed by atoms with Crippen LogP contribution in [0.2, 0.25) is 0 Å². The van der Waals surface area contributed by atoms with Gasteiger partial charge in [-0.1, -0.05) is 36.4 Å². The van der Waals surface area contributed by atoms with E-state index in [4.69, 9.17) is 4.74 Å². The van der Waals surface area contributed by atoms with Gasteiger partial charge < -0.3 is 4.74 Å². The highest BCUT2D eigenvalue weighted by Gasteiger charge is 2.00. The Kier molecular flexibility index (Phi) is 4.93. The van der Waals surface area contributed by atoms with Crippen LogP contribution in [0.5, 0.6) is 5.75 Å². The molecule has 2 nitrogen and oxygen atoms in total. The van der Waals surface area contributed by atoms with Gasteiger partial charge in [-0.15, -0.1) is 0 Å². The molecule has 2 aromatic rings. The maximum atomic E-state index is 10.7. The summed E-state index contributed by atoms with van der Waals surface area (Å²) in [5, 5.41) is 0. The van der Waals surface area contributed by atoms with Crippen LogP contribution in [-0.2, 0) is 0 Å². The average molecular weight is 317 g/mol. The SMILES string of the molecule is O=Cc1ccc(OC/C=C/c2ccccc2)cc1Br. The van der Waals surface area contributed by atoms with Crippen LogP contribution in [0.4, 0.5) is 0 Å². The molecule has 0 saturated heterocycles. The maximum absolute atomic E-state index is 10.7. The molecule has 2 aromatic carbocycles. The topological polar surface area (TPSA) is 26.3 Å². The lowest BCUT2D eigenvalue weighted by Gasteiger charge is -2.04. The lowest BCUT2D eigenvalue weighted by atomic mass is 10.2. The first-order valence-corrected chi connectivity index (χ1v) is 6.68. The van der Waals surface area contributed by atoms with Gasteiger partial charge in [-0.25, -0.2) is 0 Å². The molecule has 0 aromatic heterocycles. The van der Waals surface area contributed by atoms with Gasteiger partial charge in [-0.05, 0) is 45.8 Å². The molecule has 0 atom stereocenters. The number of rotatable bonds is 5. The number of halogens is 1. The number of hydrogen-bond acceptors (Lipinski definition) is 2. The van der Waals surface area contributed by atoms with Gasteiger partial charge in [-0.3, -0.25) is 4.79 Å². The van der Waals surface area contributed by atoms with Crippen molar-refractivity contribution >= 4 is 28.3 Å². The van der Waals surface area contributed by atoms with Gasteiger partial charge in [0.05, 0.1) is 0 Å². The van der Waals surface area contributed by atoms with Crippen molar-refractivity contribution in [2.75, 3.05) is 6.61 Å². The molecule has 19 heavy (non-hydrogen) atoms. The number of aldehydes is 1. The lowest BCUT2D eigenvalue weighted by Crippen LogP contribution is -1.94. The molecule has 96 valence electrons. The zero-order chi connectivity index (χ0) is 13.5. The third-order valence-corrected chi connectivity index (χ3v) is 3.24. The molecule has 0 heterocycles. The van der Waals surface area contributed by atoms with E-state index in [9.17, 15) is 4.79 Å². The highest BCUT2D eigenvalue weighted by atomic mass is 79.9. The summed E-state index contributed by atoms with van der Waals surface area (Å²) in [7, 11) is 0. The molecule has 0 saturated carbocycles. The van der Waals surface area contributed by atoms with E-state index in [0.29, 0.717) is 12.2 Å². The summed E-state index contributed by atoms with van der Waals surface area (Å²) >= 11 is 3.32. The van der Waals surface area contributed by atoms with E-state index in [1.165, 1.54) is 0 Å². The average Bonchev–Trinajstić information content (AvgIpc) is 2.45. The molecular weight excluding hydrogens is 304 g/mol. The molecule has 0 radical (unpaired) electrons. The van der Waals surface area contributed by atoms with Gasteiger partial charge in [0.15, 0.2) is 6.29 Å². The van der Waals surface area contributed by atoms with Crippen LogP contribution in [0.3, 0.4) is 0 Å². The van der Waals surface area contributed by atoms with Crippen molar-refractivity contribution < 1.29 is 9.53 Å². The van der Waals surface area contributed by atoms with E-state index < -0.39 is 0 Å². The summed E-state index contributed by atoms with van der Waals surface area (Å²) < 4.78 is 6.32. The third-order valence-electron chi connectivity index (χ3n) is 2.55. The molecule has 0 amide bonds. The molecule has 0 unspecified atom stereocenters. The monoisotopic (exact) mass is 316 g/mol.